The zero-order chi connectivity index (χ0) is 12.8. The molecule has 5 nitrogen and oxygen atoms in total. The van der Waals surface area contributed by atoms with Crippen molar-refractivity contribution in [1.82, 2.24) is 10.6 Å². The topological polar surface area (TPSA) is 78.4 Å². The van der Waals surface area contributed by atoms with Gasteiger partial charge in [0.2, 0.25) is 5.91 Å². The highest BCUT2D eigenvalue weighted by Gasteiger charge is 2.17. The lowest BCUT2D eigenvalue weighted by Crippen LogP contribution is -2.43. The molecule has 3 N–H and O–H groups in total. The van der Waals surface area contributed by atoms with Crippen LogP contribution in [0.15, 0.2) is 0 Å². The van der Waals surface area contributed by atoms with Crippen molar-refractivity contribution in [3.05, 3.63) is 0 Å². The fraction of sp³-hybridized carbons (Fsp3) is 0.818. The van der Waals surface area contributed by atoms with Gasteiger partial charge in [-0.2, -0.15) is 0 Å². The molecule has 1 atom stereocenters. The minimum Gasteiger partial charge on any atom is -0.480 e. The van der Waals surface area contributed by atoms with E-state index in [9.17, 15) is 9.59 Å². The Morgan fingerprint density at radius 1 is 1.31 bits per heavy atom. The molecular formula is C11H22N2O3. The molecule has 0 saturated heterocycles. The number of carboxylic acid groups (broad SMARTS) is 1. The van der Waals surface area contributed by atoms with Crippen LogP contribution in [0.1, 0.15) is 40.5 Å². The van der Waals surface area contributed by atoms with Crippen molar-refractivity contribution in [2.45, 2.75) is 52.1 Å². The summed E-state index contributed by atoms with van der Waals surface area (Å²) in [5.74, 6) is -1.22. The molecule has 0 saturated carbocycles. The maximum Gasteiger partial charge on any atom is 0.326 e. The molecule has 0 fully saturated rings. The summed E-state index contributed by atoms with van der Waals surface area (Å²) in [4.78, 5) is 22.1. The Kier molecular flexibility index (Phi) is 6.03. The minimum atomic E-state index is -0.986. The summed E-state index contributed by atoms with van der Waals surface area (Å²) in [7, 11) is 0. The van der Waals surface area contributed by atoms with Crippen LogP contribution >= 0.6 is 0 Å². The number of carboxylic acids is 1. The van der Waals surface area contributed by atoms with Crippen LogP contribution in [-0.4, -0.2) is 35.1 Å². The van der Waals surface area contributed by atoms with E-state index in [1.165, 1.54) is 0 Å². The molecule has 0 aliphatic rings. The molecule has 0 aromatic carbocycles. The first-order chi connectivity index (χ1) is 7.26. The fourth-order valence-corrected chi connectivity index (χ4v) is 1.16. The molecule has 0 unspecified atom stereocenters. The maximum absolute atomic E-state index is 11.4. The molecule has 16 heavy (non-hydrogen) atoms. The average molecular weight is 230 g/mol. The predicted octanol–water partition coefficient (Wildman–Crippen LogP) is 0.744. The van der Waals surface area contributed by atoms with Crippen molar-refractivity contribution >= 4 is 11.9 Å². The van der Waals surface area contributed by atoms with E-state index in [2.05, 4.69) is 10.6 Å². The molecule has 0 aromatic heterocycles. The van der Waals surface area contributed by atoms with E-state index in [1.54, 1.807) is 6.92 Å². The highest BCUT2D eigenvalue weighted by molar-refractivity contribution is 5.83. The van der Waals surface area contributed by atoms with Crippen molar-refractivity contribution in [3.63, 3.8) is 0 Å². The summed E-state index contributed by atoms with van der Waals surface area (Å²) in [6.07, 6.45) is 0.689. The van der Waals surface area contributed by atoms with Gasteiger partial charge in [-0.15, -0.1) is 0 Å². The quantitative estimate of drug-likeness (QED) is 0.629. The molecular weight excluding hydrogens is 208 g/mol. The molecule has 5 heteroatoms. The standard InChI is InChI=1S/C11H22N2O3/c1-5-8(10(15)16)13-9(14)6-7-12-11(2,3)4/h8,12H,5-7H2,1-4H3,(H,13,14)(H,15,16)/t8-/m0/s1. The minimum absolute atomic E-state index is 0.0305. The monoisotopic (exact) mass is 230 g/mol. The number of aliphatic carboxylic acids is 1. The smallest absolute Gasteiger partial charge is 0.326 e. The number of carbonyl (C=O) groups excluding carboxylic acids is 1. The number of nitrogens with one attached hydrogen (secondary N) is 2. The molecule has 0 aliphatic carbocycles. The van der Waals surface area contributed by atoms with Gasteiger partial charge in [-0.25, -0.2) is 4.79 Å². The molecule has 1 amide bonds. The summed E-state index contributed by atoms with van der Waals surface area (Å²) < 4.78 is 0. The second-order valence-electron chi connectivity index (χ2n) is 4.79. The van der Waals surface area contributed by atoms with Crippen molar-refractivity contribution in [1.29, 1.82) is 0 Å². The Bertz CT molecular complexity index is 246. The van der Waals surface area contributed by atoms with Gasteiger partial charge in [0.05, 0.1) is 0 Å². The Labute approximate surface area is 96.6 Å². The maximum atomic E-state index is 11.4. The van der Waals surface area contributed by atoms with Crippen LogP contribution in [0.3, 0.4) is 0 Å². The van der Waals surface area contributed by atoms with E-state index in [0.717, 1.165) is 0 Å². The van der Waals surface area contributed by atoms with E-state index in [-0.39, 0.29) is 11.4 Å². The number of rotatable bonds is 6. The SMILES string of the molecule is CC[C@H](NC(=O)CCNC(C)(C)C)C(=O)O. The fourth-order valence-electron chi connectivity index (χ4n) is 1.16. The molecule has 0 aliphatic heterocycles. The van der Waals surface area contributed by atoms with Gasteiger partial charge in [0.15, 0.2) is 0 Å². The van der Waals surface area contributed by atoms with E-state index in [0.29, 0.717) is 19.4 Å². The van der Waals surface area contributed by atoms with Gasteiger partial charge in [-0.05, 0) is 27.2 Å². The Morgan fingerprint density at radius 2 is 1.88 bits per heavy atom. The number of hydrogen-bond acceptors (Lipinski definition) is 3. The Morgan fingerprint density at radius 3 is 2.25 bits per heavy atom. The third-order valence-electron chi connectivity index (χ3n) is 2.05. The first-order valence-electron chi connectivity index (χ1n) is 5.53. The predicted molar refractivity (Wildman–Crippen MR) is 62.2 cm³/mol. The van der Waals surface area contributed by atoms with Crippen LogP contribution in [-0.2, 0) is 9.59 Å². The first kappa shape index (κ1) is 14.9. The zero-order valence-electron chi connectivity index (χ0n) is 10.5. The van der Waals surface area contributed by atoms with Gasteiger partial charge in [-0.3, -0.25) is 4.79 Å². The van der Waals surface area contributed by atoms with E-state index >= 15 is 0 Å². The molecule has 0 rings (SSSR count). The van der Waals surface area contributed by atoms with Crippen LogP contribution in [0, 0.1) is 0 Å². The van der Waals surface area contributed by atoms with E-state index in [4.69, 9.17) is 5.11 Å². The molecule has 0 radical (unpaired) electrons. The van der Waals surface area contributed by atoms with Crippen LogP contribution in [0.2, 0.25) is 0 Å². The van der Waals surface area contributed by atoms with Gasteiger partial charge < -0.3 is 15.7 Å². The van der Waals surface area contributed by atoms with Crippen LogP contribution < -0.4 is 10.6 Å². The van der Waals surface area contributed by atoms with Crippen molar-refractivity contribution < 1.29 is 14.7 Å². The summed E-state index contributed by atoms with van der Waals surface area (Å²) in [5.41, 5.74) is -0.0305. The van der Waals surface area contributed by atoms with Crippen molar-refractivity contribution in [2.75, 3.05) is 6.54 Å². The van der Waals surface area contributed by atoms with Gasteiger partial charge in [0.1, 0.15) is 6.04 Å². The number of carbonyl (C=O) groups is 2. The highest BCUT2D eigenvalue weighted by Crippen LogP contribution is 1.98. The van der Waals surface area contributed by atoms with Gasteiger partial charge >= 0.3 is 5.97 Å². The number of amides is 1. The molecule has 0 spiro atoms. The largest absolute Gasteiger partial charge is 0.480 e. The molecule has 0 heterocycles. The summed E-state index contributed by atoms with van der Waals surface area (Å²) >= 11 is 0. The summed E-state index contributed by atoms with van der Waals surface area (Å²) in [5, 5.41) is 14.4. The molecule has 0 bridgehead atoms. The normalized spacial score (nSPS) is 13.2. The highest BCUT2D eigenvalue weighted by atomic mass is 16.4. The third-order valence-corrected chi connectivity index (χ3v) is 2.05. The lowest BCUT2D eigenvalue weighted by molar-refractivity contribution is -0.141. The third kappa shape index (κ3) is 7.23. The van der Waals surface area contributed by atoms with Crippen LogP contribution in [0.5, 0.6) is 0 Å². The Hall–Kier alpha value is -1.10. The average Bonchev–Trinajstić information content (AvgIpc) is 2.11. The van der Waals surface area contributed by atoms with Crippen molar-refractivity contribution in [2.24, 2.45) is 0 Å². The van der Waals surface area contributed by atoms with Gasteiger partial charge in [0.25, 0.3) is 0 Å². The first-order valence-corrected chi connectivity index (χ1v) is 5.53. The lowest BCUT2D eigenvalue weighted by atomic mass is 10.1. The second-order valence-corrected chi connectivity index (χ2v) is 4.79. The van der Waals surface area contributed by atoms with Crippen molar-refractivity contribution in [3.8, 4) is 0 Å². The Balaban J connectivity index is 3.86. The molecule has 94 valence electrons. The van der Waals surface area contributed by atoms with Gasteiger partial charge in [-0.1, -0.05) is 6.92 Å². The zero-order valence-corrected chi connectivity index (χ0v) is 10.5. The van der Waals surface area contributed by atoms with Crippen LogP contribution in [0.25, 0.3) is 0 Å². The summed E-state index contributed by atoms with van der Waals surface area (Å²) in [6, 6.07) is -0.776. The molecule has 0 aromatic rings. The van der Waals surface area contributed by atoms with Crippen LogP contribution in [0.4, 0.5) is 0 Å². The van der Waals surface area contributed by atoms with E-state index in [1.807, 2.05) is 20.8 Å². The van der Waals surface area contributed by atoms with E-state index < -0.39 is 12.0 Å². The lowest BCUT2D eigenvalue weighted by Gasteiger charge is -2.20. The number of hydrogen-bond donors (Lipinski definition) is 3. The summed E-state index contributed by atoms with van der Waals surface area (Å²) in [6.45, 7) is 8.31. The van der Waals surface area contributed by atoms with Gasteiger partial charge in [0, 0.05) is 18.5 Å². The second kappa shape index (κ2) is 6.48.